The molecular formula is C24H27N3O5. The maximum atomic E-state index is 13.4. The topological polar surface area (TPSA) is 88.2 Å². The lowest BCUT2D eigenvalue weighted by Gasteiger charge is -2.39. The van der Waals surface area contributed by atoms with E-state index in [9.17, 15) is 14.4 Å². The predicted octanol–water partition coefficient (Wildman–Crippen LogP) is 3.66. The first-order valence-electron chi connectivity index (χ1n) is 10.8. The van der Waals surface area contributed by atoms with Crippen molar-refractivity contribution in [1.82, 2.24) is 9.80 Å². The minimum absolute atomic E-state index is 0.0524. The molecule has 2 aromatic carbocycles. The average molecular weight is 437 g/mol. The minimum Gasteiger partial charge on any atom is -0.465 e. The highest BCUT2D eigenvalue weighted by Gasteiger charge is 2.42. The van der Waals surface area contributed by atoms with Crippen LogP contribution >= 0.6 is 0 Å². The van der Waals surface area contributed by atoms with E-state index in [-0.39, 0.29) is 18.0 Å². The molecule has 1 fully saturated rings. The molecule has 0 bridgehead atoms. The minimum atomic E-state index is -0.444. The molecule has 1 N–H and O–H groups in total. The molecular weight excluding hydrogens is 410 g/mol. The SMILES string of the molecule is CCOC(=O)N1CCC(N2C(=O)c3ccccc3[C@H]2Nc2ccccc2C(=O)OC)CC1. The molecule has 4 rings (SSSR count). The van der Waals surface area contributed by atoms with E-state index in [2.05, 4.69) is 5.32 Å². The van der Waals surface area contributed by atoms with Crippen LogP contribution in [0.5, 0.6) is 0 Å². The number of carbonyl (C=O) groups is 3. The van der Waals surface area contributed by atoms with Gasteiger partial charge >= 0.3 is 12.1 Å². The number of hydrogen-bond acceptors (Lipinski definition) is 6. The monoisotopic (exact) mass is 437 g/mol. The number of benzene rings is 2. The number of esters is 1. The van der Waals surface area contributed by atoms with E-state index in [0.29, 0.717) is 49.4 Å². The number of carbonyl (C=O) groups excluding carboxylic acids is 3. The summed E-state index contributed by atoms with van der Waals surface area (Å²) in [6.45, 7) is 3.17. The van der Waals surface area contributed by atoms with Crippen LogP contribution in [0.25, 0.3) is 0 Å². The summed E-state index contributed by atoms with van der Waals surface area (Å²) in [6, 6.07) is 14.6. The van der Waals surface area contributed by atoms with E-state index >= 15 is 0 Å². The van der Waals surface area contributed by atoms with Crippen molar-refractivity contribution in [2.45, 2.75) is 32.0 Å². The Morgan fingerprint density at radius 2 is 1.75 bits per heavy atom. The van der Waals surface area contributed by atoms with Crippen molar-refractivity contribution in [3.63, 3.8) is 0 Å². The van der Waals surface area contributed by atoms with Gasteiger partial charge < -0.3 is 24.6 Å². The molecule has 0 spiro atoms. The molecule has 2 aromatic rings. The highest BCUT2D eigenvalue weighted by Crippen LogP contribution is 2.38. The molecule has 1 saturated heterocycles. The van der Waals surface area contributed by atoms with Gasteiger partial charge in [-0.1, -0.05) is 30.3 Å². The summed E-state index contributed by atoms with van der Waals surface area (Å²) in [4.78, 5) is 41.2. The van der Waals surface area contributed by atoms with Crippen molar-refractivity contribution in [3.05, 3.63) is 65.2 Å². The molecule has 2 heterocycles. The number of nitrogens with one attached hydrogen (secondary N) is 1. The Labute approximate surface area is 187 Å². The van der Waals surface area contributed by atoms with Gasteiger partial charge in [-0.05, 0) is 38.0 Å². The predicted molar refractivity (Wildman–Crippen MR) is 118 cm³/mol. The van der Waals surface area contributed by atoms with Crippen LogP contribution in [0.4, 0.5) is 10.5 Å². The maximum absolute atomic E-state index is 13.4. The van der Waals surface area contributed by atoms with Gasteiger partial charge in [-0.15, -0.1) is 0 Å². The zero-order valence-electron chi connectivity index (χ0n) is 18.2. The third kappa shape index (κ3) is 4.00. The van der Waals surface area contributed by atoms with Crippen molar-refractivity contribution in [3.8, 4) is 0 Å². The van der Waals surface area contributed by atoms with E-state index in [1.54, 1.807) is 30.0 Å². The Morgan fingerprint density at radius 3 is 2.47 bits per heavy atom. The second-order valence-corrected chi connectivity index (χ2v) is 7.80. The van der Waals surface area contributed by atoms with Gasteiger partial charge in [0.25, 0.3) is 5.91 Å². The number of hydrogen-bond donors (Lipinski definition) is 1. The fourth-order valence-corrected chi connectivity index (χ4v) is 4.45. The van der Waals surface area contributed by atoms with Crippen LogP contribution in [0.3, 0.4) is 0 Å². The lowest BCUT2D eigenvalue weighted by molar-refractivity contribution is 0.0496. The zero-order valence-corrected chi connectivity index (χ0v) is 18.2. The van der Waals surface area contributed by atoms with Gasteiger partial charge in [0.15, 0.2) is 0 Å². The number of fused-ring (bicyclic) bond motifs is 1. The van der Waals surface area contributed by atoms with Gasteiger partial charge in [-0.2, -0.15) is 0 Å². The van der Waals surface area contributed by atoms with Crippen molar-refractivity contribution in [2.24, 2.45) is 0 Å². The van der Waals surface area contributed by atoms with Gasteiger partial charge in [0.1, 0.15) is 6.17 Å². The molecule has 32 heavy (non-hydrogen) atoms. The number of rotatable bonds is 5. The summed E-state index contributed by atoms with van der Waals surface area (Å²) >= 11 is 0. The number of nitrogens with zero attached hydrogens (tertiary/aromatic N) is 2. The Morgan fingerprint density at radius 1 is 1.06 bits per heavy atom. The fraction of sp³-hybridized carbons (Fsp3) is 0.375. The van der Waals surface area contributed by atoms with E-state index in [4.69, 9.17) is 9.47 Å². The highest BCUT2D eigenvalue weighted by atomic mass is 16.6. The van der Waals surface area contributed by atoms with E-state index in [0.717, 1.165) is 5.56 Å². The van der Waals surface area contributed by atoms with Crippen molar-refractivity contribution in [1.29, 1.82) is 0 Å². The number of piperidine rings is 1. The molecule has 2 aliphatic heterocycles. The van der Waals surface area contributed by atoms with Gasteiger partial charge in [-0.25, -0.2) is 9.59 Å². The van der Waals surface area contributed by atoms with Crippen molar-refractivity contribution >= 4 is 23.7 Å². The number of para-hydroxylation sites is 1. The summed E-state index contributed by atoms with van der Waals surface area (Å²) in [5.74, 6) is -0.497. The van der Waals surface area contributed by atoms with E-state index in [1.165, 1.54) is 7.11 Å². The van der Waals surface area contributed by atoms with Crippen LogP contribution in [0, 0.1) is 0 Å². The molecule has 168 valence electrons. The zero-order chi connectivity index (χ0) is 22.7. The van der Waals surface area contributed by atoms with Crippen LogP contribution in [-0.2, 0) is 9.47 Å². The lowest BCUT2D eigenvalue weighted by atomic mass is 10.0. The molecule has 0 unspecified atom stereocenters. The van der Waals surface area contributed by atoms with Crippen LogP contribution < -0.4 is 5.32 Å². The number of amides is 2. The number of likely N-dealkylation sites (tertiary alicyclic amines) is 1. The first-order valence-corrected chi connectivity index (χ1v) is 10.8. The summed E-state index contributed by atoms with van der Waals surface area (Å²) in [6.07, 6.45) is 0.553. The fourth-order valence-electron chi connectivity index (χ4n) is 4.45. The molecule has 0 saturated carbocycles. The van der Waals surface area contributed by atoms with E-state index in [1.807, 2.05) is 35.2 Å². The molecule has 1 atom stereocenters. The van der Waals surface area contributed by atoms with Crippen LogP contribution in [0.15, 0.2) is 48.5 Å². The van der Waals surface area contributed by atoms with Crippen LogP contribution in [0.1, 0.15) is 52.2 Å². The second kappa shape index (κ2) is 9.30. The smallest absolute Gasteiger partial charge is 0.409 e. The lowest BCUT2D eigenvalue weighted by Crippen LogP contribution is -2.49. The van der Waals surface area contributed by atoms with E-state index < -0.39 is 12.1 Å². The molecule has 0 aliphatic carbocycles. The third-order valence-corrected chi connectivity index (χ3v) is 6.01. The normalized spacial score (nSPS) is 18.3. The number of ether oxygens (including phenoxy) is 2. The Bertz CT molecular complexity index is 1020. The van der Waals surface area contributed by atoms with Crippen LogP contribution in [-0.4, -0.2) is 60.6 Å². The molecule has 0 radical (unpaired) electrons. The van der Waals surface area contributed by atoms with Gasteiger partial charge in [0.2, 0.25) is 0 Å². The molecule has 8 nitrogen and oxygen atoms in total. The molecule has 0 aromatic heterocycles. The quantitative estimate of drug-likeness (QED) is 0.719. The molecule has 8 heteroatoms. The largest absolute Gasteiger partial charge is 0.465 e. The van der Waals surface area contributed by atoms with Crippen molar-refractivity contribution < 1.29 is 23.9 Å². The van der Waals surface area contributed by atoms with Gasteiger partial charge in [0, 0.05) is 30.3 Å². The Hall–Kier alpha value is -3.55. The third-order valence-electron chi connectivity index (χ3n) is 6.01. The summed E-state index contributed by atoms with van der Waals surface area (Å²) in [5, 5.41) is 3.41. The van der Waals surface area contributed by atoms with Crippen LogP contribution in [0.2, 0.25) is 0 Å². The Kier molecular flexibility index (Phi) is 6.30. The number of methoxy groups -OCH3 is 1. The first-order chi connectivity index (χ1) is 15.5. The standard InChI is InChI=1S/C24H27N3O5/c1-3-32-24(30)26-14-12-16(13-15-26)27-21(17-8-4-5-9-18(17)22(27)28)25-20-11-7-6-10-19(20)23(29)31-2/h4-11,16,21,25H,3,12-15H2,1-2H3/t21-/m0/s1. The van der Waals surface area contributed by atoms with Crippen molar-refractivity contribution in [2.75, 3.05) is 32.1 Å². The van der Waals surface area contributed by atoms with Gasteiger partial charge in [-0.3, -0.25) is 4.79 Å². The summed E-state index contributed by atoms with van der Waals surface area (Å²) in [7, 11) is 1.34. The van der Waals surface area contributed by atoms with Gasteiger partial charge in [0.05, 0.1) is 25.0 Å². The highest BCUT2D eigenvalue weighted by molar-refractivity contribution is 6.00. The molecule has 2 amide bonds. The summed E-state index contributed by atoms with van der Waals surface area (Å²) in [5.41, 5.74) is 2.52. The number of anilines is 1. The second-order valence-electron chi connectivity index (χ2n) is 7.80. The average Bonchev–Trinajstić information content (AvgIpc) is 3.11. The molecule has 2 aliphatic rings. The summed E-state index contributed by atoms with van der Waals surface area (Å²) < 4.78 is 10.0. The maximum Gasteiger partial charge on any atom is 0.409 e. The first kappa shape index (κ1) is 21.7. The Balaban J connectivity index is 1.61.